The highest BCUT2D eigenvalue weighted by atomic mass is 79.9. The van der Waals surface area contributed by atoms with Gasteiger partial charge >= 0.3 is 6.03 Å². The summed E-state index contributed by atoms with van der Waals surface area (Å²) in [7, 11) is 2.66. The quantitative estimate of drug-likeness (QED) is 0.585. The monoisotopic (exact) mass is 388 g/mol. The number of amides is 4. The van der Waals surface area contributed by atoms with Crippen LogP contribution in [0.3, 0.4) is 0 Å². The predicted octanol–water partition coefficient (Wildman–Crippen LogP) is 3.14. The summed E-state index contributed by atoms with van der Waals surface area (Å²) >= 11 is 3.45. The summed E-state index contributed by atoms with van der Waals surface area (Å²) in [6.45, 7) is 0. The number of carbonyl (C=O) groups excluding carboxylic acids is 3. The summed E-state index contributed by atoms with van der Waals surface area (Å²) in [5, 5.41) is 0. The van der Waals surface area contributed by atoms with Crippen molar-refractivity contribution in [3.8, 4) is 11.3 Å². The number of nitrogens with zero attached hydrogens (tertiary/aromatic N) is 2. The van der Waals surface area contributed by atoms with Crippen LogP contribution < -0.4 is 0 Å². The molecule has 1 saturated heterocycles. The van der Waals surface area contributed by atoms with Crippen molar-refractivity contribution in [3.63, 3.8) is 0 Å². The van der Waals surface area contributed by atoms with Crippen LogP contribution in [-0.4, -0.2) is 41.7 Å². The second-order valence-corrected chi connectivity index (χ2v) is 6.11. The molecule has 0 radical (unpaired) electrons. The second-order valence-electron chi connectivity index (χ2n) is 5.25. The van der Waals surface area contributed by atoms with Gasteiger partial charge < -0.3 is 4.42 Å². The minimum absolute atomic E-state index is 0.118. The first-order valence-electron chi connectivity index (χ1n) is 7.06. The molecular weight excluding hydrogens is 376 g/mol. The number of likely N-dealkylation sites (N-methyl/N-ethyl adjacent to an activating group) is 2. The van der Waals surface area contributed by atoms with Gasteiger partial charge in [0.15, 0.2) is 0 Å². The molecule has 1 aliphatic heterocycles. The Hall–Kier alpha value is -2.67. The molecule has 3 rings (SSSR count). The van der Waals surface area contributed by atoms with Crippen molar-refractivity contribution in [1.29, 1.82) is 0 Å². The van der Waals surface area contributed by atoms with E-state index >= 15 is 0 Å². The third kappa shape index (κ3) is 2.67. The smallest absolute Gasteiger partial charge is 0.333 e. The molecule has 1 aromatic carbocycles. The van der Waals surface area contributed by atoms with E-state index in [1.807, 2.05) is 24.3 Å². The third-order valence-corrected chi connectivity index (χ3v) is 4.39. The van der Waals surface area contributed by atoms with Crippen LogP contribution in [0.15, 0.2) is 50.9 Å². The van der Waals surface area contributed by atoms with Gasteiger partial charge in [0.05, 0.1) is 0 Å². The van der Waals surface area contributed by atoms with Crippen molar-refractivity contribution >= 4 is 39.9 Å². The maximum atomic E-state index is 12.2. The third-order valence-electron chi connectivity index (χ3n) is 3.70. The molecule has 0 bridgehead atoms. The van der Waals surface area contributed by atoms with E-state index in [0.717, 1.165) is 19.8 Å². The van der Waals surface area contributed by atoms with Crippen molar-refractivity contribution < 1.29 is 18.8 Å². The maximum Gasteiger partial charge on any atom is 0.333 e. The van der Waals surface area contributed by atoms with Gasteiger partial charge in [-0.15, -0.1) is 0 Å². The van der Waals surface area contributed by atoms with Gasteiger partial charge in [-0.25, -0.2) is 4.79 Å². The Balaban J connectivity index is 1.97. The Morgan fingerprint density at radius 3 is 2.21 bits per heavy atom. The molecule has 0 aliphatic carbocycles. The Kier molecular flexibility index (Phi) is 4.11. The number of hydrogen-bond donors (Lipinski definition) is 0. The predicted molar refractivity (Wildman–Crippen MR) is 90.8 cm³/mol. The normalized spacial score (nSPS) is 15.3. The molecular formula is C17H13BrN2O4. The van der Waals surface area contributed by atoms with E-state index in [1.165, 1.54) is 20.2 Å². The van der Waals surface area contributed by atoms with E-state index < -0.39 is 17.8 Å². The lowest BCUT2D eigenvalue weighted by Crippen LogP contribution is -2.52. The van der Waals surface area contributed by atoms with Gasteiger partial charge in [-0.2, -0.15) is 0 Å². The topological polar surface area (TPSA) is 70.8 Å². The highest BCUT2D eigenvalue weighted by molar-refractivity contribution is 9.10. The molecule has 0 N–H and O–H groups in total. The van der Waals surface area contributed by atoms with Crippen molar-refractivity contribution in [2.24, 2.45) is 0 Å². The summed E-state index contributed by atoms with van der Waals surface area (Å²) < 4.78 is 6.58. The Morgan fingerprint density at radius 1 is 0.958 bits per heavy atom. The zero-order valence-electron chi connectivity index (χ0n) is 12.9. The van der Waals surface area contributed by atoms with Gasteiger partial charge in [0.1, 0.15) is 17.1 Å². The van der Waals surface area contributed by atoms with Gasteiger partial charge in [0.25, 0.3) is 11.8 Å². The fourth-order valence-corrected chi connectivity index (χ4v) is 2.83. The van der Waals surface area contributed by atoms with Crippen molar-refractivity contribution in [2.45, 2.75) is 0 Å². The van der Waals surface area contributed by atoms with Crippen molar-refractivity contribution in [3.05, 3.63) is 52.2 Å². The highest BCUT2D eigenvalue weighted by Crippen LogP contribution is 2.30. The molecule has 1 aliphatic rings. The zero-order valence-corrected chi connectivity index (χ0v) is 14.5. The number of urea groups is 1. The first-order valence-corrected chi connectivity index (χ1v) is 7.86. The van der Waals surface area contributed by atoms with Crippen LogP contribution in [0, 0.1) is 0 Å². The van der Waals surface area contributed by atoms with E-state index in [-0.39, 0.29) is 5.57 Å². The minimum atomic E-state index is -0.657. The number of barbiturate groups is 1. The Morgan fingerprint density at radius 2 is 1.58 bits per heavy atom. The molecule has 0 atom stereocenters. The average molecular weight is 389 g/mol. The number of hydrogen-bond acceptors (Lipinski definition) is 4. The molecule has 2 aromatic rings. The fraction of sp³-hybridized carbons (Fsp3) is 0.118. The maximum absolute atomic E-state index is 12.2. The SMILES string of the molecule is CN1C(=O)C(=Cc2ccc(-c3ccccc3Br)o2)C(=O)N(C)C1=O. The standard InChI is InChI=1S/C17H13BrN2O4/c1-19-15(21)12(16(22)20(2)17(19)23)9-10-7-8-14(24-10)11-5-3-4-6-13(11)18/h3-9H,1-2H3. The van der Waals surface area contributed by atoms with Crippen molar-refractivity contribution in [2.75, 3.05) is 14.1 Å². The first-order chi connectivity index (χ1) is 11.4. The van der Waals surface area contributed by atoms with E-state index in [9.17, 15) is 14.4 Å². The van der Waals surface area contributed by atoms with Crippen LogP contribution in [0.25, 0.3) is 17.4 Å². The molecule has 4 amide bonds. The molecule has 6 nitrogen and oxygen atoms in total. The first kappa shape index (κ1) is 16.2. The molecule has 7 heteroatoms. The largest absolute Gasteiger partial charge is 0.457 e. The summed E-state index contributed by atoms with van der Waals surface area (Å²) in [5.74, 6) is -0.347. The highest BCUT2D eigenvalue weighted by Gasteiger charge is 2.38. The number of imide groups is 2. The lowest BCUT2D eigenvalue weighted by atomic mass is 10.1. The Bertz CT molecular complexity index is 858. The lowest BCUT2D eigenvalue weighted by molar-refractivity contribution is -0.134. The van der Waals surface area contributed by atoms with E-state index in [4.69, 9.17) is 4.42 Å². The summed E-state index contributed by atoms with van der Waals surface area (Å²) in [6.07, 6.45) is 1.35. The van der Waals surface area contributed by atoms with Crippen LogP contribution in [0.5, 0.6) is 0 Å². The fourth-order valence-electron chi connectivity index (χ4n) is 2.35. The summed E-state index contributed by atoms with van der Waals surface area (Å²) in [6, 6.07) is 10.3. The molecule has 0 saturated carbocycles. The van der Waals surface area contributed by atoms with Crippen LogP contribution in [0.1, 0.15) is 5.76 Å². The van der Waals surface area contributed by atoms with Crippen LogP contribution in [0.4, 0.5) is 4.79 Å². The van der Waals surface area contributed by atoms with Gasteiger partial charge in [0.2, 0.25) is 0 Å². The van der Waals surface area contributed by atoms with Crippen molar-refractivity contribution in [1.82, 2.24) is 9.80 Å². The number of furan rings is 1. The summed E-state index contributed by atoms with van der Waals surface area (Å²) in [5.41, 5.74) is 0.737. The lowest BCUT2D eigenvalue weighted by Gasteiger charge is -2.28. The van der Waals surface area contributed by atoms with Crippen LogP contribution in [-0.2, 0) is 9.59 Å². The number of benzene rings is 1. The molecule has 0 spiro atoms. The minimum Gasteiger partial charge on any atom is -0.457 e. The molecule has 1 fully saturated rings. The molecule has 24 heavy (non-hydrogen) atoms. The second kappa shape index (κ2) is 6.09. The molecule has 122 valence electrons. The number of halogens is 1. The van der Waals surface area contributed by atoms with Gasteiger partial charge in [0, 0.05) is 24.1 Å². The molecule has 2 heterocycles. The number of rotatable bonds is 2. The van der Waals surface area contributed by atoms with E-state index in [2.05, 4.69) is 15.9 Å². The number of carbonyl (C=O) groups is 3. The van der Waals surface area contributed by atoms with E-state index in [0.29, 0.717) is 11.5 Å². The average Bonchev–Trinajstić information content (AvgIpc) is 3.04. The van der Waals surface area contributed by atoms with Crippen LogP contribution >= 0.6 is 15.9 Å². The van der Waals surface area contributed by atoms with Gasteiger partial charge in [-0.05, 0) is 24.3 Å². The Labute approximate surface area is 146 Å². The molecule has 1 aromatic heterocycles. The van der Waals surface area contributed by atoms with Crippen LogP contribution in [0.2, 0.25) is 0 Å². The molecule has 0 unspecified atom stereocenters. The van der Waals surface area contributed by atoms with Gasteiger partial charge in [-0.3, -0.25) is 19.4 Å². The van der Waals surface area contributed by atoms with Gasteiger partial charge in [-0.1, -0.05) is 34.1 Å². The summed E-state index contributed by atoms with van der Waals surface area (Å²) in [4.78, 5) is 37.8. The zero-order chi connectivity index (χ0) is 17.4. The van der Waals surface area contributed by atoms with E-state index in [1.54, 1.807) is 12.1 Å².